The van der Waals surface area contributed by atoms with Crippen LogP contribution in [0.15, 0.2) is 12.3 Å². The van der Waals surface area contributed by atoms with Crippen molar-refractivity contribution in [2.45, 2.75) is 33.2 Å². The maximum Gasteiger partial charge on any atom is 0.223 e. The largest absolute Gasteiger partial charge is 0.394 e. The van der Waals surface area contributed by atoms with Gasteiger partial charge < -0.3 is 10.4 Å². The lowest BCUT2D eigenvalue weighted by Gasteiger charge is -2.18. The van der Waals surface area contributed by atoms with Gasteiger partial charge in [0.1, 0.15) is 0 Å². The second-order valence-corrected chi connectivity index (χ2v) is 4.18. The first-order chi connectivity index (χ1) is 7.11. The number of hydrogen-bond acceptors (Lipinski definition) is 4. The van der Waals surface area contributed by atoms with E-state index >= 15 is 0 Å². The maximum atomic E-state index is 9.19. The highest BCUT2D eigenvalue weighted by Gasteiger charge is 2.10. The van der Waals surface area contributed by atoms with E-state index in [4.69, 9.17) is 0 Å². The van der Waals surface area contributed by atoms with Gasteiger partial charge in [0.2, 0.25) is 5.95 Å². The molecule has 0 aliphatic rings. The van der Waals surface area contributed by atoms with Crippen molar-refractivity contribution in [3.05, 3.63) is 18.0 Å². The van der Waals surface area contributed by atoms with Gasteiger partial charge in [0.25, 0.3) is 0 Å². The van der Waals surface area contributed by atoms with Crippen LogP contribution in [0.2, 0.25) is 0 Å². The third-order valence-electron chi connectivity index (χ3n) is 2.10. The number of nitrogens with zero attached hydrogens (tertiary/aromatic N) is 2. The van der Waals surface area contributed by atoms with Crippen LogP contribution in [0.3, 0.4) is 0 Å². The lowest BCUT2D eigenvalue weighted by molar-refractivity contribution is 0.259. The van der Waals surface area contributed by atoms with Crippen LogP contribution in [0, 0.1) is 12.8 Å². The predicted octanol–water partition coefficient (Wildman–Crippen LogP) is 1.60. The Bertz CT molecular complexity index is 302. The van der Waals surface area contributed by atoms with Crippen molar-refractivity contribution < 1.29 is 5.11 Å². The van der Waals surface area contributed by atoms with Crippen molar-refractivity contribution in [3.8, 4) is 0 Å². The second kappa shape index (κ2) is 5.66. The minimum absolute atomic E-state index is 0.0341. The Kier molecular flexibility index (Phi) is 4.49. The molecule has 0 aromatic carbocycles. The molecule has 0 aliphatic carbocycles. The zero-order valence-corrected chi connectivity index (χ0v) is 9.57. The highest BCUT2D eigenvalue weighted by Crippen LogP contribution is 2.09. The Labute approximate surface area is 90.8 Å². The number of hydrogen-bond donors (Lipinski definition) is 2. The first-order valence-corrected chi connectivity index (χ1v) is 5.29. The smallest absolute Gasteiger partial charge is 0.223 e. The number of rotatable bonds is 5. The van der Waals surface area contributed by atoms with Gasteiger partial charge in [0.05, 0.1) is 12.6 Å². The molecule has 0 spiro atoms. The Morgan fingerprint density at radius 3 is 2.73 bits per heavy atom. The number of aliphatic hydroxyl groups is 1. The molecule has 0 radical (unpaired) electrons. The topological polar surface area (TPSA) is 58.0 Å². The Morgan fingerprint density at radius 2 is 2.20 bits per heavy atom. The number of aliphatic hydroxyl groups excluding tert-OH is 1. The molecule has 1 heterocycles. The van der Waals surface area contributed by atoms with Crippen molar-refractivity contribution in [1.82, 2.24) is 9.97 Å². The van der Waals surface area contributed by atoms with Crippen molar-refractivity contribution in [2.75, 3.05) is 11.9 Å². The van der Waals surface area contributed by atoms with Crippen LogP contribution in [0.4, 0.5) is 5.95 Å². The van der Waals surface area contributed by atoms with E-state index in [0.29, 0.717) is 11.9 Å². The monoisotopic (exact) mass is 209 g/mol. The molecule has 4 heteroatoms. The summed E-state index contributed by atoms with van der Waals surface area (Å²) in [6, 6.07) is 1.88. The van der Waals surface area contributed by atoms with Crippen LogP contribution in [0.25, 0.3) is 0 Å². The molecule has 0 bridgehead atoms. The summed E-state index contributed by atoms with van der Waals surface area (Å²) in [7, 11) is 0. The highest BCUT2D eigenvalue weighted by atomic mass is 16.3. The van der Waals surface area contributed by atoms with E-state index in [0.717, 1.165) is 12.1 Å². The van der Waals surface area contributed by atoms with Gasteiger partial charge >= 0.3 is 0 Å². The zero-order chi connectivity index (χ0) is 11.3. The molecule has 2 N–H and O–H groups in total. The van der Waals surface area contributed by atoms with E-state index in [2.05, 4.69) is 29.1 Å². The van der Waals surface area contributed by atoms with Crippen LogP contribution in [-0.2, 0) is 0 Å². The average molecular weight is 209 g/mol. The van der Waals surface area contributed by atoms with Crippen molar-refractivity contribution in [1.29, 1.82) is 0 Å². The summed E-state index contributed by atoms with van der Waals surface area (Å²) in [4.78, 5) is 8.34. The van der Waals surface area contributed by atoms with E-state index in [1.807, 2.05) is 13.0 Å². The number of nitrogens with one attached hydrogen (secondary N) is 1. The standard InChI is InChI=1S/C11H19N3O/c1-8(2)6-10(7-15)14-11-12-5-4-9(3)13-11/h4-5,8,10,15H,6-7H2,1-3H3,(H,12,13,14). The van der Waals surface area contributed by atoms with Gasteiger partial charge in [-0.15, -0.1) is 0 Å². The van der Waals surface area contributed by atoms with Gasteiger partial charge in [-0.25, -0.2) is 9.97 Å². The first kappa shape index (κ1) is 11.9. The molecule has 1 unspecified atom stereocenters. The highest BCUT2D eigenvalue weighted by molar-refractivity contribution is 5.26. The zero-order valence-electron chi connectivity index (χ0n) is 9.57. The number of aryl methyl sites for hydroxylation is 1. The molecule has 1 atom stereocenters. The maximum absolute atomic E-state index is 9.19. The molecule has 1 aromatic heterocycles. The lowest BCUT2D eigenvalue weighted by Crippen LogP contribution is -2.26. The molecule has 0 saturated heterocycles. The predicted molar refractivity (Wildman–Crippen MR) is 60.7 cm³/mol. The average Bonchev–Trinajstić information content (AvgIpc) is 2.16. The van der Waals surface area contributed by atoms with E-state index in [1.54, 1.807) is 6.20 Å². The first-order valence-electron chi connectivity index (χ1n) is 5.29. The number of anilines is 1. The summed E-state index contributed by atoms with van der Waals surface area (Å²) < 4.78 is 0. The van der Waals surface area contributed by atoms with Crippen molar-refractivity contribution >= 4 is 5.95 Å². The molecule has 15 heavy (non-hydrogen) atoms. The van der Waals surface area contributed by atoms with Crippen LogP contribution >= 0.6 is 0 Å². The molecule has 1 aromatic rings. The summed E-state index contributed by atoms with van der Waals surface area (Å²) in [5, 5.41) is 12.3. The Morgan fingerprint density at radius 1 is 1.47 bits per heavy atom. The van der Waals surface area contributed by atoms with Crippen LogP contribution in [0.1, 0.15) is 26.0 Å². The second-order valence-electron chi connectivity index (χ2n) is 4.18. The SMILES string of the molecule is Cc1ccnc(NC(CO)CC(C)C)n1. The molecule has 1 rings (SSSR count). The van der Waals surface area contributed by atoms with E-state index in [-0.39, 0.29) is 12.6 Å². The van der Waals surface area contributed by atoms with Gasteiger partial charge in [0, 0.05) is 11.9 Å². The lowest BCUT2D eigenvalue weighted by atomic mass is 10.0. The minimum Gasteiger partial charge on any atom is -0.394 e. The van der Waals surface area contributed by atoms with E-state index < -0.39 is 0 Å². The molecular formula is C11H19N3O. The fourth-order valence-corrected chi connectivity index (χ4v) is 1.45. The molecule has 84 valence electrons. The summed E-state index contributed by atoms with van der Waals surface area (Å²) in [5.41, 5.74) is 0.925. The van der Waals surface area contributed by atoms with Crippen LogP contribution in [-0.4, -0.2) is 27.7 Å². The van der Waals surface area contributed by atoms with Gasteiger partial charge in [-0.05, 0) is 25.3 Å². The van der Waals surface area contributed by atoms with Crippen molar-refractivity contribution in [3.63, 3.8) is 0 Å². The van der Waals surface area contributed by atoms with Crippen LogP contribution < -0.4 is 5.32 Å². The van der Waals surface area contributed by atoms with Crippen LogP contribution in [0.5, 0.6) is 0 Å². The van der Waals surface area contributed by atoms with E-state index in [9.17, 15) is 5.11 Å². The summed E-state index contributed by atoms with van der Waals surface area (Å²) in [6.07, 6.45) is 2.63. The quantitative estimate of drug-likeness (QED) is 0.773. The molecule has 0 fully saturated rings. The fraction of sp³-hybridized carbons (Fsp3) is 0.636. The van der Waals surface area contributed by atoms with Gasteiger partial charge in [-0.2, -0.15) is 0 Å². The molecule has 0 aliphatic heterocycles. The normalized spacial score (nSPS) is 12.9. The summed E-state index contributed by atoms with van der Waals surface area (Å²) >= 11 is 0. The molecule has 4 nitrogen and oxygen atoms in total. The van der Waals surface area contributed by atoms with Gasteiger partial charge in [0.15, 0.2) is 0 Å². The summed E-state index contributed by atoms with van der Waals surface area (Å²) in [5.74, 6) is 1.13. The molecular weight excluding hydrogens is 190 g/mol. The number of aromatic nitrogens is 2. The molecule has 0 amide bonds. The van der Waals surface area contributed by atoms with Gasteiger partial charge in [-0.1, -0.05) is 13.8 Å². The third kappa shape index (κ3) is 4.25. The molecule has 0 saturated carbocycles. The summed E-state index contributed by atoms with van der Waals surface area (Å²) in [6.45, 7) is 6.28. The van der Waals surface area contributed by atoms with Gasteiger partial charge in [-0.3, -0.25) is 0 Å². The van der Waals surface area contributed by atoms with E-state index in [1.165, 1.54) is 0 Å². The van der Waals surface area contributed by atoms with Crippen molar-refractivity contribution in [2.24, 2.45) is 5.92 Å². The minimum atomic E-state index is 0.0341. The third-order valence-corrected chi connectivity index (χ3v) is 2.10. The fourth-order valence-electron chi connectivity index (χ4n) is 1.45. The Balaban J connectivity index is 2.58. The Hall–Kier alpha value is -1.16.